The molecule has 5 nitrogen and oxygen atoms in total. The second-order valence-corrected chi connectivity index (χ2v) is 2.89. The van der Waals surface area contributed by atoms with Crippen molar-refractivity contribution in [1.82, 2.24) is 0 Å². The van der Waals surface area contributed by atoms with Crippen LogP contribution in [0.3, 0.4) is 0 Å². The fraction of sp³-hybridized carbons (Fsp3) is 0.800. The van der Waals surface area contributed by atoms with Crippen molar-refractivity contribution >= 4 is 11.9 Å². The van der Waals surface area contributed by atoms with Crippen molar-refractivity contribution in [1.29, 1.82) is 0 Å². The standard InChI is InChI=1S/C6H12O2.C4H8O3/c1-3-4-5-8-6(2)7;1-3(5)4(6)7-2/h3-5H2,1-2H3;3,5H,1-2H3. The molecule has 1 atom stereocenters. The number of esters is 2. The quantitative estimate of drug-likeness (QED) is 0.562. The minimum atomic E-state index is -0.995. The lowest BCUT2D eigenvalue weighted by Gasteiger charge is -1.97. The first kappa shape index (κ1) is 16.3. The van der Waals surface area contributed by atoms with Crippen molar-refractivity contribution in [2.24, 2.45) is 0 Å². The van der Waals surface area contributed by atoms with Crippen LogP contribution in [0.2, 0.25) is 0 Å². The summed E-state index contributed by atoms with van der Waals surface area (Å²) in [5.41, 5.74) is 0. The van der Waals surface area contributed by atoms with Gasteiger partial charge in [0.25, 0.3) is 0 Å². The minimum absolute atomic E-state index is 0.182. The number of aliphatic hydroxyl groups excluding tert-OH is 1. The molecule has 0 aromatic heterocycles. The monoisotopic (exact) mass is 220 g/mol. The largest absolute Gasteiger partial charge is 0.467 e. The molecule has 90 valence electrons. The zero-order valence-corrected chi connectivity index (χ0v) is 9.78. The van der Waals surface area contributed by atoms with E-state index in [1.807, 2.05) is 0 Å². The van der Waals surface area contributed by atoms with Crippen LogP contribution in [0.1, 0.15) is 33.6 Å². The van der Waals surface area contributed by atoms with Gasteiger partial charge in [0.1, 0.15) is 6.10 Å². The summed E-state index contributed by atoms with van der Waals surface area (Å²) in [6.45, 7) is 5.41. The van der Waals surface area contributed by atoms with E-state index in [0.29, 0.717) is 6.61 Å². The number of hydrogen-bond donors (Lipinski definition) is 1. The summed E-state index contributed by atoms with van der Waals surface area (Å²) in [6, 6.07) is 0. The second-order valence-electron chi connectivity index (χ2n) is 2.89. The number of carbonyl (C=O) groups excluding carboxylic acids is 2. The van der Waals surface area contributed by atoms with Crippen LogP contribution in [-0.2, 0) is 19.1 Å². The first-order chi connectivity index (χ1) is 6.95. The summed E-state index contributed by atoms with van der Waals surface area (Å²) in [7, 11) is 1.23. The highest BCUT2D eigenvalue weighted by Crippen LogP contribution is 1.86. The Kier molecular flexibility index (Phi) is 12.0. The van der Waals surface area contributed by atoms with Crippen LogP contribution in [-0.4, -0.2) is 36.9 Å². The van der Waals surface area contributed by atoms with Crippen molar-refractivity contribution in [3.8, 4) is 0 Å². The first-order valence-corrected chi connectivity index (χ1v) is 4.84. The maximum Gasteiger partial charge on any atom is 0.334 e. The lowest BCUT2D eigenvalue weighted by atomic mass is 10.4. The van der Waals surface area contributed by atoms with Crippen LogP contribution in [0, 0.1) is 0 Å². The number of unbranched alkanes of at least 4 members (excludes halogenated alkanes) is 1. The Morgan fingerprint density at radius 1 is 1.40 bits per heavy atom. The van der Waals surface area contributed by atoms with Gasteiger partial charge in [-0.2, -0.15) is 0 Å². The molecular formula is C10H20O5. The summed E-state index contributed by atoms with van der Waals surface area (Å²) < 4.78 is 8.77. The molecule has 0 amide bonds. The summed E-state index contributed by atoms with van der Waals surface area (Å²) in [6.07, 6.45) is 1.05. The van der Waals surface area contributed by atoms with Gasteiger partial charge in [-0.05, 0) is 13.3 Å². The summed E-state index contributed by atoms with van der Waals surface area (Å²) >= 11 is 0. The third kappa shape index (κ3) is 15.6. The third-order valence-electron chi connectivity index (χ3n) is 1.35. The molecule has 5 heteroatoms. The van der Waals surface area contributed by atoms with E-state index in [-0.39, 0.29) is 5.97 Å². The zero-order valence-electron chi connectivity index (χ0n) is 9.78. The third-order valence-corrected chi connectivity index (χ3v) is 1.35. The summed E-state index contributed by atoms with van der Waals surface area (Å²) in [5, 5.41) is 8.35. The highest BCUT2D eigenvalue weighted by atomic mass is 16.5. The van der Waals surface area contributed by atoms with Crippen LogP contribution in [0.25, 0.3) is 0 Å². The Hall–Kier alpha value is -1.10. The number of aliphatic hydroxyl groups is 1. The Labute approximate surface area is 90.4 Å². The van der Waals surface area contributed by atoms with E-state index in [9.17, 15) is 9.59 Å². The molecule has 0 spiro atoms. The molecular weight excluding hydrogens is 200 g/mol. The van der Waals surface area contributed by atoms with E-state index in [4.69, 9.17) is 5.11 Å². The van der Waals surface area contributed by atoms with E-state index in [1.165, 1.54) is 21.0 Å². The number of carbonyl (C=O) groups is 2. The predicted molar refractivity (Wildman–Crippen MR) is 55.2 cm³/mol. The molecule has 0 aliphatic heterocycles. The zero-order chi connectivity index (χ0) is 12.3. The van der Waals surface area contributed by atoms with Gasteiger partial charge in [0.15, 0.2) is 0 Å². The summed E-state index contributed by atoms with van der Waals surface area (Å²) in [4.78, 5) is 20.1. The molecule has 0 saturated heterocycles. The number of hydrogen-bond acceptors (Lipinski definition) is 5. The Balaban J connectivity index is 0. The second kappa shape index (κ2) is 11.0. The molecule has 0 aliphatic carbocycles. The molecule has 1 unspecified atom stereocenters. The smallest absolute Gasteiger partial charge is 0.334 e. The fourth-order valence-electron chi connectivity index (χ4n) is 0.531. The number of methoxy groups -OCH3 is 1. The molecule has 0 rings (SSSR count). The van der Waals surface area contributed by atoms with Crippen molar-refractivity contribution < 1.29 is 24.2 Å². The molecule has 0 aromatic rings. The van der Waals surface area contributed by atoms with Crippen molar-refractivity contribution in [2.45, 2.75) is 39.7 Å². The van der Waals surface area contributed by atoms with Crippen molar-refractivity contribution in [3.05, 3.63) is 0 Å². The van der Waals surface area contributed by atoms with Crippen LogP contribution < -0.4 is 0 Å². The molecule has 0 aromatic carbocycles. The molecule has 0 radical (unpaired) electrons. The van der Waals surface area contributed by atoms with Gasteiger partial charge in [-0.15, -0.1) is 0 Å². The topological polar surface area (TPSA) is 72.8 Å². The minimum Gasteiger partial charge on any atom is -0.467 e. The summed E-state index contributed by atoms with van der Waals surface area (Å²) in [5.74, 6) is -0.779. The fourth-order valence-corrected chi connectivity index (χ4v) is 0.531. The lowest BCUT2D eigenvalue weighted by Crippen LogP contribution is -2.16. The van der Waals surface area contributed by atoms with Gasteiger partial charge < -0.3 is 14.6 Å². The van der Waals surface area contributed by atoms with Gasteiger partial charge in [-0.3, -0.25) is 4.79 Å². The molecule has 0 saturated carbocycles. The first-order valence-electron chi connectivity index (χ1n) is 4.84. The molecule has 1 N–H and O–H groups in total. The van der Waals surface area contributed by atoms with E-state index in [2.05, 4.69) is 16.4 Å². The number of rotatable bonds is 4. The maximum absolute atomic E-state index is 10.1. The van der Waals surface area contributed by atoms with Crippen LogP contribution in [0.4, 0.5) is 0 Å². The van der Waals surface area contributed by atoms with E-state index < -0.39 is 12.1 Å². The van der Waals surface area contributed by atoms with Crippen molar-refractivity contribution in [3.63, 3.8) is 0 Å². The van der Waals surface area contributed by atoms with Crippen LogP contribution in [0.5, 0.6) is 0 Å². The van der Waals surface area contributed by atoms with Gasteiger partial charge >= 0.3 is 11.9 Å². The average molecular weight is 220 g/mol. The average Bonchev–Trinajstić information content (AvgIpc) is 2.17. The highest BCUT2D eigenvalue weighted by Gasteiger charge is 2.05. The van der Waals surface area contributed by atoms with E-state index in [0.717, 1.165) is 12.8 Å². The van der Waals surface area contributed by atoms with E-state index >= 15 is 0 Å². The van der Waals surface area contributed by atoms with Crippen molar-refractivity contribution in [2.75, 3.05) is 13.7 Å². The van der Waals surface area contributed by atoms with Crippen LogP contribution in [0.15, 0.2) is 0 Å². The predicted octanol–water partition coefficient (Wildman–Crippen LogP) is 0.890. The van der Waals surface area contributed by atoms with Gasteiger partial charge in [-0.1, -0.05) is 13.3 Å². The van der Waals surface area contributed by atoms with Gasteiger partial charge in [0.05, 0.1) is 13.7 Å². The van der Waals surface area contributed by atoms with E-state index in [1.54, 1.807) is 0 Å². The highest BCUT2D eigenvalue weighted by molar-refractivity contribution is 5.73. The van der Waals surface area contributed by atoms with Crippen LogP contribution >= 0.6 is 0 Å². The molecule has 0 aliphatic rings. The molecule has 0 fully saturated rings. The Bertz CT molecular complexity index is 177. The van der Waals surface area contributed by atoms with Gasteiger partial charge in [-0.25, -0.2) is 4.79 Å². The Morgan fingerprint density at radius 2 is 1.93 bits per heavy atom. The van der Waals surface area contributed by atoms with Gasteiger partial charge in [0.2, 0.25) is 0 Å². The lowest BCUT2D eigenvalue weighted by molar-refractivity contribution is -0.149. The Morgan fingerprint density at radius 3 is 2.13 bits per heavy atom. The SMILES string of the molecule is CCCCOC(C)=O.COC(=O)C(C)O. The molecule has 0 bridgehead atoms. The molecule has 0 heterocycles. The number of ether oxygens (including phenoxy) is 2. The molecule has 15 heavy (non-hydrogen) atoms. The van der Waals surface area contributed by atoms with Gasteiger partial charge in [0, 0.05) is 6.92 Å². The normalized spacial score (nSPS) is 10.7. The maximum atomic E-state index is 10.1.